The number of pyridine rings is 1. The van der Waals surface area contributed by atoms with Crippen molar-refractivity contribution in [3.63, 3.8) is 0 Å². The maximum absolute atomic E-state index is 13.1. The normalized spacial score (nSPS) is 12.1. The summed E-state index contributed by atoms with van der Waals surface area (Å²) in [6.07, 6.45) is 6.29. The Morgan fingerprint density at radius 3 is 2.79 bits per heavy atom. The van der Waals surface area contributed by atoms with Gasteiger partial charge in [0.15, 0.2) is 0 Å². The van der Waals surface area contributed by atoms with Crippen molar-refractivity contribution in [3.8, 4) is 11.3 Å². The van der Waals surface area contributed by atoms with E-state index in [1.54, 1.807) is 29.5 Å². The molecule has 9 nitrogen and oxygen atoms in total. The first-order valence-corrected chi connectivity index (χ1v) is 9.13. The molecule has 0 bridgehead atoms. The highest BCUT2D eigenvalue weighted by atomic mass is 16.1. The van der Waals surface area contributed by atoms with Crippen molar-refractivity contribution >= 4 is 22.8 Å². The third-order valence-electron chi connectivity index (χ3n) is 4.56. The number of nitrogens with one attached hydrogen (secondary N) is 1. The number of amides is 1. The van der Waals surface area contributed by atoms with E-state index < -0.39 is 0 Å². The van der Waals surface area contributed by atoms with E-state index >= 15 is 0 Å². The first-order valence-electron chi connectivity index (χ1n) is 9.13. The van der Waals surface area contributed by atoms with Crippen LogP contribution in [0.5, 0.6) is 0 Å². The topological polar surface area (TPSA) is 124 Å². The lowest BCUT2D eigenvalue weighted by Crippen LogP contribution is -2.36. The highest BCUT2D eigenvalue weighted by Crippen LogP contribution is 2.26. The number of para-hydroxylation sites is 1. The van der Waals surface area contributed by atoms with Crippen LogP contribution in [0, 0.1) is 6.92 Å². The van der Waals surface area contributed by atoms with E-state index in [1.807, 2.05) is 32.0 Å². The predicted molar refractivity (Wildman–Crippen MR) is 109 cm³/mol. The van der Waals surface area contributed by atoms with Crippen LogP contribution in [0.4, 0.5) is 5.95 Å². The molecule has 1 atom stereocenters. The molecule has 4 aromatic rings. The van der Waals surface area contributed by atoms with Crippen molar-refractivity contribution in [2.75, 3.05) is 5.73 Å². The fourth-order valence-electron chi connectivity index (χ4n) is 3.15. The van der Waals surface area contributed by atoms with E-state index in [2.05, 4.69) is 25.4 Å². The number of nitrogens with two attached hydrogens (primary N) is 1. The second-order valence-electron chi connectivity index (χ2n) is 6.85. The van der Waals surface area contributed by atoms with E-state index in [0.717, 1.165) is 16.5 Å². The molecule has 0 saturated heterocycles. The van der Waals surface area contributed by atoms with E-state index in [-0.39, 0.29) is 17.9 Å². The molecular formula is C20H20N8O. The van der Waals surface area contributed by atoms with Crippen molar-refractivity contribution in [3.05, 3.63) is 60.4 Å². The molecule has 146 valence electrons. The second kappa shape index (κ2) is 7.63. The molecule has 29 heavy (non-hydrogen) atoms. The average Bonchev–Trinajstić information content (AvgIpc) is 3.21. The zero-order valence-corrected chi connectivity index (χ0v) is 16.1. The molecule has 9 heteroatoms. The molecule has 1 aromatic carbocycles. The molecule has 1 unspecified atom stereocenters. The SMILES string of the molecule is Cc1cccc2c(C(=O)NC(C)Cn3cncn3)cc(-c3cnc(N)nc3)nc12. The maximum Gasteiger partial charge on any atom is 0.252 e. The molecule has 0 aliphatic rings. The molecule has 0 aliphatic carbocycles. The van der Waals surface area contributed by atoms with Crippen molar-refractivity contribution in [2.24, 2.45) is 0 Å². The van der Waals surface area contributed by atoms with Gasteiger partial charge in [-0.3, -0.25) is 9.48 Å². The summed E-state index contributed by atoms with van der Waals surface area (Å²) in [6, 6.07) is 7.40. The van der Waals surface area contributed by atoms with Gasteiger partial charge in [-0.05, 0) is 25.5 Å². The van der Waals surface area contributed by atoms with Crippen LogP contribution in [-0.2, 0) is 6.54 Å². The smallest absolute Gasteiger partial charge is 0.252 e. The molecule has 0 saturated carbocycles. The van der Waals surface area contributed by atoms with E-state index in [0.29, 0.717) is 23.4 Å². The van der Waals surface area contributed by atoms with Crippen LogP contribution in [0.1, 0.15) is 22.8 Å². The van der Waals surface area contributed by atoms with E-state index in [4.69, 9.17) is 10.7 Å². The van der Waals surface area contributed by atoms with Crippen LogP contribution in [0.15, 0.2) is 49.3 Å². The number of aromatic nitrogens is 6. The molecule has 3 N–H and O–H groups in total. The zero-order chi connectivity index (χ0) is 20.4. The van der Waals surface area contributed by atoms with Gasteiger partial charge in [0, 0.05) is 29.4 Å². The number of anilines is 1. The molecule has 0 fully saturated rings. The first-order chi connectivity index (χ1) is 14.0. The number of carbonyl (C=O) groups excluding carboxylic acids is 1. The number of nitrogen functional groups attached to an aromatic ring is 1. The summed E-state index contributed by atoms with van der Waals surface area (Å²) in [7, 11) is 0. The van der Waals surface area contributed by atoms with Crippen LogP contribution in [-0.4, -0.2) is 41.7 Å². The van der Waals surface area contributed by atoms with Crippen LogP contribution in [0.3, 0.4) is 0 Å². The summed E-state index contributed by atoms with van der Waals surface area (Å²) in [5.41, 5.74) is 9.17. The van der Waals surface area contributed by atoms with E-state index in [1.165, 1.54) is 6.33 Å². The quantitative estimate of drug-likeness (QED) is 0.536. The predicted octanol–water partition coefficient (Wildman–Crippen LogP) is 1.99. The monoisotopic (exact) mass is 388 g/mol. The fraction of sp³-hybridized carbons (Fsp3) is 0.200. The van der Waals surface area contributed by atoms with Gasteiger partial charge >= 0.3 is 0 Å². The zero-order valence-electron chi connectivity index (χ0n) is 16.1. The number of carbonyl (C=O) groups is 1. The summed E-state index contributed by atoms with van der Waals surface area (Å²) in [5.74, 6) is -0.00106. The number of fused-ring (bicyclic) bond motifs is 1. The van der Waals surface area contributed by atoms with Crippen LogP contribution < -0.4 is 11.1 Å². The Morgan fingerprint density at radius 1 is 1.28 bits per heavy atom. The van der Waals surface area contributed by atoms with Gasteiger partial charge in [-0.25, -0.2) is 19.9 Å². The standard InChI is InChI=1S/C20H20N8O/c1-12-4-3-5-15-16(19(29)26-13(2)9-28-11-22-10-25-28)6-17(27-18(12)15)14-7-23-20(21)24-8-14/h3-8,10-11,13H,9H2,1-2H3,(H,26,29)(H2,21,23,24). The van der Waals surface area contributed by atoms with Gasteiger partial charge in [0.1, 0.15) is 12.7 Å². The first kappa shape index (κ1) is 18.5. The van der Waals surface area contributed by atoms with Gasteiger partial charge < -0.3 is 11.1 Å². The van der Waals surface area contributed by atoms with Gasteiger partial charge in [-0.1, -0.05) is 18.2 Å². The van der Waals surface area contributed by atoms with Gasteiger partial charge in [-0.15, -0.1) is 0 Å². The maximum atomic E-state index is 13.1. The summed E-state index contributed by atoms with van der Waals surface area (Å²) in [5, 5.41) is 7.89. The number of aryl methyl sites for hydroxylation is 1. The van der Waals surface area contributed by atoms with Gasteiger partial charge in [0.25, 0.3) is 5.91 Å². The lowest BCUT2D eigenvalue weighted by Gasteiger charge is -2.16. The van der Waals surface area contributed by atoms with Crippen molar-refractivity contribution in [1.29, 1.82) is 0 Å². The third kappa shape index (κ3) is 3.88. The van der Waals surface area contributed by atoms with Crippen molar-refractivity contribution < 1.29 is 4.79 Å². The molecule has 0 radical (unpaired) electrons. The number of nitrogens with zero attached hydrogens (tertiary/aromatic N) is 6. The lowest BCUT2D eigenvalue weighted by atomic mass is 10.0. The minimum Gasteiger partial charge on any atom is -0.368 e. The summed E-state index contributed by atoms with van der Waals surface area (Å²) >= 11 is 0. The van der Waals surface area contributed by atoms with Crippen LogP contribution in [0.2, 0.25) is 0 Å². The Bertz CT molecular complexity index is 1160. The number of hydrogen-bond donors (Lipinski definition) is 2. The minimum absolute atomic E-state index is 0.138. The molecule has 0 aliphatic heterocycles. The van der Waals surface area contributed by atoms with Crippen LogP contribution >= 0.6 is 0 Å². The highest BCUT2D eigenvalue weighted by Gasteiger charge is 2.17. The Kier molecular flexibility index (Phi) is 4.86. The molecule has 0 spiro atoms. The Balaban J connectivity index is 1.72. The third-order valence-corrected chi connectivity index (χ3v) is 4.56. The molecular weight excluding hydrogens is 368 g/mol. The van der Waals surface area contributed by atoms with Gasteiger partial charge in [0.05, 0.1) is 23.3 Å². The Hall–Kier alpha value is -3.88. The summed E-state index contributed by atoms with van der Waals surface area (Å²) in [4.78, 5) is 29.8. The molecule has 1 amide bonds. The lowest BCUT2D eigenvalue weighted by molar-refractivity contribution is 0.0937. The van der Waals surface area contributed by atoms with Crippen molar-refractivity contribution in [2.45, 2.75) is 26.4 Å². The second-order valence-corrected chi connectivity index (χ2v) is 6.85. The molecule has 4 rings (SSSR count). The van der Waals surface area contributed by atoms with Gasteiger partial charge in [-0.2, -0.15) is 5.10 Å². The van der Waals surface area contributed by atoms with Crippen molar-refractivity contribution in [1.82, 2.24) is 35.0 Å². The number of benzene rings is 1. The minimum atomic E-state index is -0.187. The van der Waals surface area contributed by atoms with Crippen LogP contribution in [0.25, 0.3) is 22.2 Å². The fourth-order valence-corrected chi connectivity index (χ4v) is 3.15. The average molecular weight is 388 g/mol. The van der Waals surface area contributed by atoms with Gasteiger partial charge in [0.2, 0.25) is 5.95 Å². The summed E-state index contributed by atoms with van der Waals surface area (Å²) < 4.78 is 1.68. The largest absolute Gasteiger partial charge is 0.368 e. The number of rotatable bonds is 5. The Labute approximate surface area is 167 Å². The summed E-state index contributed by atoms with van der Waals surface area (Å²) in [6.45, 7) is 4.41. The highest BCUT2D eigenvalue weighted by molar-refractivity contribution is 6.07. The van der Waals surface area contributed by atoms with E-state index in [9.17, 15) is 4.79 Å². The number of hydrogen-bond acceptors (Lipinski definition) is 7. The Morgan fingerprint density at radius 2 is 2.07 bits per heavy atom. The molecule has 3 aromatic heterocycles. The molecule has 3 heterocycles.